The van der Waals surface area contributed by atoms with Crippen LogP contribution in [0.4, 0.5) is 10.5 Å². The van der Waals surface area contributed by atoms with Gasteiger partial charge in [-0.1, -0.05) is 25.3 Å². The molecule has 5 heteroatoms. The molecule has 3 aliphatic rings. The van der Waals surface area contributed by atoms with Gasteiger partial charge in [-0.15, -0.1) is 0 Å². The fourth-order valence-corrected chi connectivity index (χ4v) is 5.55. The molecule has 1 saturated heterocycles. The van der Waals surface area contributed by atoms with Crippen LogP contribution in [-0.4, -0.2) is 29.6 Å². The minimum Gasteiger partial charge on any atom is -0.444 e. The normalized spacial score (nSPS) is 32.3. The number of aliphatic hydroxyl groups is 1. The lowest BCUT2D eigenvalue weighted by Gasteiger charge is -2.40. The Bertz CT molecular complexity index is 776. The summed E-state index contributed by atoms with van der Waals surface area (Å²) in [7, 11) is 0. The summed E-state index contributed by atoms with van der Waals surface area (Å²) in [6, 6.07) is 5.91. The fourth-order valence-electron chi connectivity index (χ4n) is 5.55. The zero-order valence-electron chi connectivity index (χ0n) is 16.9. The zero-order chi connectivity index (χ0) is 19.9. The fraction of sp³-hybridized carbons (Fsp3) is 0.652. The molecular weight excluding hydrogens is 354 g/mol. The van der Waals surface area contributed by atoms with E-state index in [0.29, 0.717) is 25.3 Å². The summed E-state index contributed by atoms with van der Waals surface area (Å²) in [4.78, 5) is 25.1. The van der Waals surface area contributed by atoms with Gasteiger partial charge in [-0.25, -0.2) is 4.79 Å². The molecule has 4 rings (SSSR count). The van der Waals surface area contributed by atoms with Crippen molar-refractivity contribution in [1.82, 2.24) is 0 Å². The van der Waals surface area contributed by atoms with Crippen LogP contribution in [0.2, 0.25) is 0 Å². The molecule has 1 aromatic carbocycles. The molecule has 0 spiro atoms. The van der Waals surface area contributed by atoms with Crippen LogP contribution in [0.15, 0.2) is 18.2 Å². The highest BCUT2D eigenvalue weighted by Gasteiger charge is 2.43. The molecule has 2 saturated carbocycles. The van der Waals surface area contributed by atoms with Crippen molar-refractivity contribution in [1.29, 1.82) is 0 Å². The highest BCUT2D eigenvalue weighted by atomic mass is 16.6. The van der Waals surface area contributed by atoms with Gasteiger partial charge in [-0.2, -0.15) is 0 Å². The first-order chi connectivity index (χ1) is 13.4. The largest absolute Gasteiger partial charge is 0.444 e. The van der Waals surface area contributed by atoms with Crippen LogP contribution in [0, 0.1) is 18.8 Å². The molecule has 0 radical (unpaired) electrons. The van der Waals surface area contributed by atoms with Crippen molar-refractivity contribution in [2.24, 2.45) is 11.8 Å². The highest BCUT2D eigenvalue weighted by molar-refractivity contribution is 5.90. The summed E-state index contributed by atoms with van der Waals surface area (Å²) in [5.74, 6) is 1.56. The molecule has 3 unspecified atom stereocenters. The Morgan fingerprint density at radius 2 is 2.07 bits per heavy atom. The molecule has 4 atom stereocenters. The number of fused-ring (bicyclic) bond motifs is 1. The third-order valence-electron chi connectivity index (χ3n) is 7.06. The number of carbonyl (C=O) groups excluding carboxylic acids is 2. The van der Waals surface area contributed by atoms with Gasteiger partial charge in [-0.05, 0) is 74.6 Å². The Morgan fingerprint density at radius 1 is 1.29 bits per heavy atom. The van der Waals surface area contributed by atoms with Crippen molar-refractivity contribution in [2.75, 3.05) is 11.4 Å². The van der Waals surface area contributed by atoms with Crippen LogP contribution in [0.25, 0.3) is 0 Å². The van der Waals surface area contributed by atoms with E-state index in [1.165, 1.54) is 19.3 Å². The molecule has 1 heterocycles. The van der Waals surface area contributed by atoms with E-state index in [2.05, 4.69) is 0 Å². The number of Topliss-reactive ketones (excluding diaryl/α,β-unsaturated/α-hetero) is 1. The Morgan fingerprint density at radius 3 is 2.82 bits per heavy atom. The summed E-state index contributed by atoms with van der Waals surface area (Å²) in [6.45, 7) is 4.05. The molecule has 0 aromatic heterocycles. The van der Waals surface area contributed by atoms with E-state index in [-0.39, 0.29) is 18.0 Å². The van der Waals surface area contributed by atoms with Crippen LogP contribution < -0.4 is 4.90 Å². The number of benzene rings is 1. The SMILES string of the molecule is CC(=O)CC[C@H]1CN(c2ccc(C3(O)CCC4CCCC4C3)c(C)c2)C(=O)O1. The van der Waals surface area contributed by atoms with Crippen molar-refractivity contribution in [2.45, 2.75) is 76.9 Å². The number of hydrogen-bond donors (Lipinski definition) is 1. The van der Waals surface area contributed by atoms with E-state index in [1.54, 1.807) is 11.8 Å². The second kappa shape index (κ2) is 7.51. The number of cyclic esters (lactones) is 1. The van der Waals surface area contributed by atoms with Gasteiger partial charge < -0.3 is 14.6 Å². The van der Waals surface area contributed by atoms with Crippen LogP contribution in [0.3, 0.4) is 0 Å². The monoisotopic (exact) mass is 385 g/mol. The minimum absolute atomic E-state index is 0.111. The van der Waals surface area contributed by atoms with Crippen LogP contribution in [0.5, 0.6) is 0 Å². The Hall–Kier alpha value is -1.88. The first-order valence-corrected chi connectivity index (χ1v) is 10.7. The minimum atomic E-state index is -0.746. The number of carbonyl (C=O) groups is 2. The molecular formula is C23H31NO4. The molecule has 2 aliphatic carbocycles. The lowest BCUT2D eigenvalue weighted by atomic mass is 9.69. The maximum absolute atomic E-state index is 12.3. The number of ether oxygens (including phenoxy) is 1. The average molecular weight is 386 g/mol. The van der Waals surface area contributed by atoms with Crippen molar-refractivity contribution in [3.8, 4) is 0 Å². The molecule has 1 aliphatic heterocycles. The van der Waals surface area contributed by atoms with E-state index < -0.39 is 5.60 Å². The van der Waals surface area contributed by atoms with Crippen LogP contribution in [-0.2, 0) is 15.1 Å². The van der Waals surface area contributed by atoms with Gasteiger partial charge in [-0.3, -0.25) is 4.90 Å². The zero-order valence-corrected chi connectivity index (χ0v) is 16.9. The lowest BCUT2D eigenvalue weighted by molar-refractivity contribution is -0.117. The van der Waals surface area contributed by atoms with Crippen molar-refractivity contribution in [3.05, 3.63) is 29.3 Å². The topological polar surface area (TPSA) is 66.8 Å². The third kappa shape index (κ3) is 3.69. The summed E-state index contributed by atoms with van der Waals surface area (Å²) < 4.78 is 5.42. The lowest BCUT2D eigenvalue weighted by Crippen LogP contribution is -2.36. The van der Waals surface area contributed by atoms with E-state index >= 15 is 0 Å². The van der Waals surface area contributed by atoms with E-state index in [1.807, 2.05) is 25.1 Å². The second-order valence-corrected chi connectivity index (χ2v) is 9.08. The molecule has 1 amide bonds. The molecule has 3 fully saturated rings. The first-order valence-electron chi connectivity index (χ1n) is 10.7. The molecule has 1 aromatic rings. The van der Waals surface area contributed by atoms with Gasteiger partial charge in [0.25, 0.3) is 0 Å². The quantitative estimate of drug-likeness (QED) is 0.812. The standard InChI is InChI=1S/C23H31NO4/c1-15-12-19(24-14-20(28-22(24)26)8-6-16(2)25)7-9-21(15)23(27)11-10-17-4-3-5-18(17)13-23/h7,9,12,17-18,20,27H,3-6,8,10-11,13-14H2,1-2H3/t17?,18?,20-,23?/m0/s1. The molecule has 28 heavy (non-hydrogen) atoms. The maximum Gasteiger partial charge on any atom is 0.414 e. The van der Waals surface area contributed by atoms with Crippen molar-refractivity contribution >= 4 is 17.6 Å². The van der Waals surface area contributed by atoms with Gasteiger partial charge in [0.1, 0.15) is 11.9 Å². The summed E-state index contributed by atoms with van der Waals surface area (Å²) in [6.07, 6.45) is 7.05. The summed E-state index contributed by atoms with van der Waals surface area (Å²) >= 11 is 0. The number of aryl methyl sites for hydroxylation is 1. The van der Waals surface area contributed by atoms with Gasteiger partial charge in [0.05, 0.1) is 12.1 Å². The Kier molecular flexibility index (Phi) is 5.21. The third-order valence-corrected chi connectivity index (χ3v) is 7.06. The molecule has 5 nitrogen and oxygen atoms in total. The number of nitrogens with zero attached hydrogens (tertiary/aromatic N) is 1. The van der Waals surface area contributed by atoms with Crippen molar-refractivity contribution < 1.29 is 19.4 Å². The number of ketones is 1. The van der Waals surface area contributed by atoms with Gasteiger partial charge in [0.2, 0.25) is 0 Å². The van der Waals surface area contributed by atoms with Gasteiger partial charge in [0.15, 0.2) is 0 Å². The number of amides is 1. The predicted octanol–water partition coefficient (Wildman–Crippen LogP) is 4.48. The highest BCUT2D eigenvalue weighted by Crippen LogP contribution is 2.50. The number of anilines is 1. The second-order valence-electron chi connectivity index (χ2n) is 9.08. The smallest absolute Gasteiger partial charge is 0.414 e. The van der Waals surface area contributed by atoms with Crippen LogP contribution in [0.1, 0.15) is 69.4 Å². The Labute approximate surface area is 167 Å². The van der Waals surface area contributed by atoms with Gasteiger partial charge >= 0.3 is 6.09 Å². The van der Waals surface area contributed by atoms with Crippen LogP contribution >= 0.6 is 0 Å². The number of hydrogen-bond acceptors (Lipinski definition) is 4. The maximum atomic E-state index is 12.3. The summed E-state index contributed by atoms with van der Waals surface area (Å²) in [5.41, 5.74) is 2.08. The summed E-state index contributed by atoms with van der Waals surface area (Å²) in [5, 5.41) is 11.4. The number of rotatable bonds is 5. The first kappa shape index (κ1) is 19.4. The molecule has 152 valence electrons. The average Bonchev–Trinajstić information content (AvgIpc) is 3.25. The van der Waals surface area contributed by atoms with E-state index in [0.717, 1.165) is 42.0 Å². The molecule has 0 bridgehead atoms. The predicted molar refractivity (Wildman–Crippen MR) is 107 cm³/mol. The van der Waals surface area contributed by atoms with Gasteiger partial charge in [0, 0.05) is 12.1 Å². The molecule has 1 N–H and O–H groups in total. The Balaban J connectivity index is 1.49. The van der Waals surface area contributed by atoms with E-state index in [9.17, 15) is 14.7 Å². The van der Waals surface area contributed by atoms with Crippen molar-refractivity contribution in [3.63, 3.8) is 0 Å². The van der Waals surface area contributed by atoms with E-state index in [4.69, 9.17) is 4.74 Å².